The minimum atomic E-state index is -1.11. The minimum absolute atomic E-state index is 0.0906. The van der Waals surface area contributed by atoms with Gasteiger partial charge in [-0.2, -0.15) is 5.26 Å². The topological polar surface area (TPSA) is 98.9 Å². The van der Waals surface area contributed by atoms with Crippen LogP contribution in [0, 0.1) is 11.3 Å². The van der Waals surface area contributed by atoms with E-state index in [9.17, 15) is 10.1 Å². The quantitative estimate of drug-likeness (QED) is 0.397. The normalized spacial score (nSPS) is 16.5. The van der Waals surface area contributed by atoms with E-state index in [4.69, 9.17) is 10.5 Å². The van der Waals surface area contributed by atoms with Crippen molar-refractivity contribution in [1.82, 2.24) is 14.1 Å². The highest BCUT2D eigenvalue weighted by atomic mass is 16.5. The van der Waals surface area contributed by atoms with Crippen molar-refractivity contribution in [3.05, 3.63) is 118 Å². The van der Waals surface area contributed by atoms with Gasteiger partial charge in [0.05, 0.1) is 29.3 Å². The van der Waals surface area contributed by atoms with E-state index < -0.39 is 5.54 Å². The van der Waals surface area contributed by atoms with Crippen LogP contribution in [0.3, 0.4) is 0 Å². The average molecular weight is 474 g/mol. The Balaban J connectivity index is 1.77. The third-order valence-corrected chi connectivity index (χ3v) is 7.11. The Morgan fingerprint density at radius 3 is 2.64 bits per heavy atom. The van der Waals surface area contributed by atoms with E-state index in [1.807, 2.05) is 60.1 Å². The van der Waals surface area contributed by atoms with Crippen molar-refractivity contribution in [2.45, 2.75) is 12.1 Å². The van der Waals surface area contributed by atoms with Crippen LogP contribution in [-0.2, 0) is 26.2 Å². The first-order valence-electron chi connectivity index (χ1n) is 11.6. The van der Waals surface area contributed by atoms with Crippen LogP contribution in [0.2, 0.25) is 0 Å². The summed E-state index contributed by atoms with van der Waals surface area (Å²) in [4.78, 5) is 17.2. The van der Waals surface area contributed by atoms with Crippen molar-refractivity contribution in [2.24, 2.45) is 19.8 Å². The van der Waals surface area contributed by atoms with Crippen molar-refractivity contribution in [3.63, 3.8) is 0 Å². The molecule has 0 fully saturated rings. The largest absolute Gasteiger partial charge is 0.488 e. The zero-order chi connectivity index (χ0) is 25.0. The molecule has 0 spiro atoms. The Labute approximate surface area is 207 Å². The van der Waals surface area contributed by atoms with Gasteiger partial charge in [-0.15, -0.1) is 0 Å². The van der Waals surface area contributed by atoms with Crippen LogP contribution in [0.15, 0.2) is 84.0 Å². The number of aryl methyl sites for hydroxylation is 2. The highest BCUT2D eigenvalue weighted by Crippen LogP contribution is 2.39. The number of nitriles is 1. The Morgan fingerprint density at radius 1 is 1.06 bits per heavy atom. The summed E-state index contributed by atoms with van der Waals surface area (Å²) in [6, 6.07) is 23.2. The summed E-state index contributed by atoms with van der Waals surface area (Å²) in [5, 5.41) is 10.7. The number of nitrogens with two attached hydrogens (primary N) is 1. The second-order valence-corrected chi connectivity index (χ2v) is 9.20. The predicted molar refractivity (Wildman–Crippen MR) is 137 cm³/mol. The van der Waals surface area contributed by atoms with Gasteiger partial charge in [-0.1, -0.05) is 30.3 Å². The number of rotatable bonds is 1. The molecule has 6 bridgehead atoms. The number of nitrogens with zero attached hydrogens (tertiary/aromatic N) is 4. The highest BCUT2D eigenvalue weighted by Gasteiger charge is 2.36. The Kier molecular flexibility index (Phi) is 4.82. The van der Waals surface area contributed by atoms with E-state index in [1.54, 1.807) is 36.3 Å². The van der Waals surface area contributed by atoms with Gasteiger partial charge in [0, 0.05) is 25.5 Å². The van der Waals surface area contributed by atoms with Gasteiger partial charge in [0.25, 0.3) is 5.56 Å². The molecule has 36 heavy (non-hydrogen) atoms. The van der Waals surface area contributed by atoms with Crippen LogP contribution in [-0.4, -0.2) is 14.1 Å². The molecule has 0 saturated heterocycles. The van der Waals surface area contributed by atoms with Crippen molar-refractivity contribution in [2.75, 3.05) is 0 Å². The lowest BCUT2D eigenvalue weighted by molar-refractivity contribution is 0.304. The lowest BCUT2D eigenvalue weighted by Crippen LogP contribution is -2.41. The standard InChI is InChI=1S/C29H23N5O2/c1-33-17-32-15-27(33)29(31)21-8-9-25-24(11-21)23(13-28(35)34(25)2)19-5-3-4-18(10-19)16-36-26-12-22(29)7-6-20(26)14-30/h3-13,15,17H,16,31H2,1-2H3. The SMILES string of the molecule is Cn1cncc1C1(N)c2ccc(C#N)c(c2)OCc2cccc(c2)-c2cc(=O)n(C)c3ccc1cc23. The first-order valence-corrected chi connectivity index (χ1v) is 11.6. The number of hydrogen-bond donors (Lipinski definition) is 1. The lowest BCUT2D eigenvalue weighted by Gasteiger charge is -2.32. The molecule has 0 saturated carbocycles. The smallest absolute Gasteiger partial charge is 0.251 e. The molecule has 2 aromatic heterocycles. The summed E-state index contributed by atoms with van der Waals surface area (Å²) in [6.45, 7) is 0.265. The van der Waals surface area contributed by atoms with Gasteiger partial charge in [-0.25, -0.2) is 4.98 Å². The molecule has 1 atom stereocenters. The third kappa shape index (κ3) is 3.16. The van der Waals surface area contributed by atoms with Crippen LogP contribution >= 0.6 is 0 Å². The summed E-state index contributed by atoms with van der Waals surface area (Å²) < 4.78 is 9.71. The summed E-state index contributed by atoms with van der Waals surface area (Å²) >= 11 is 0. The summed E-state index contributed by atoms with van der Waals surface area (Å²) in [7, 11) is 3.68. The van der Waals surface area contributed by atoms with Crippen LogP contribution in [0.4, 0.5) is 0 Å². The zero-order valence-corrected chi connectivity index (χ0v) is 19.9. The van der Waals surface area contributed by atoms with Gasteiger partial charge >= 0.3 is 0 Å². The second-order valence-electron chi connectivity index (χ2n) is 9.20. The molecule has 3 aromatic carbocycles. The molecule has 0 aliphatic carbocycles. The highest BCUT2D eigenvalue weighted by molar-refractivity contribution is 5.95. The molecule has 0 radical (unpaired) electrons. The van der Waals surface area contributed by atoms with Crippen molar-refractivity contribution >= 4 is 10.9 Å². The van der Waals surface area contributed by atoms with Gasteiger partial charge in [0.15, 0.2) is 0 Å². The molecule has 1 unspecified atom stereocenters. The molecule has 7 heteroatoms. The number of hydrogen-bond acceptors (Lipinski definition) is 5. The maximum atomic E-state index is 12.9. The molecule has 2 N–H and O–H groups in total. The first kappa shape index (κ1) is 21.8. The molecule has 5 aromatic rings. The number of ether oxygens (including phenoxy) is 1. The molecular formula is C29H23N5O2. The average Bonchev–Trinajstić information content (AvgIpc) is 3.34. The van der Waals surface area contributed by atoms with E-state index in [-0.39, 0.29) is 12.2 Å². The molecule has 7 nitrogen and oxygen atoms in total. The van der Waals surface area contributed by atoms with Gasteiger partial charge < -0.3 is 19.6 Å². The van der Waals surface area contributed by atoms with Crippen molar-refractivity contribution in [3.8, 4) is 22.9 Å². The summed E-state index contributed by atoms with van der Waals surface area (Å²) in [5.74, 6) is 0.462. The summed E-state index contributed by atoms with van der Waals surface area (Å²) in [5.41, 5.74) is 12.4. The molecule has 0 amide bonds. The van der Waals surface area contributed by atoms with Crippen LogP contribution in [0.1, 0.15) is 27.9 Å². The summed E-state index contributed by atoms with van der Waals surface area (Å²) in [6.07, 6.45) is 3.47. The number of aromatic nitrogens is 3. The fourth-order valence-corrected chi connectivity index (χ4v) is 5.11. The molecule has 1 aliphatic heterocycles. The fraction of sp³-hybridized carbons (Fsp3) is 0.138. The first-order chi connectivity index (χ1) is 17.4. The van der Waals surface area contributed by atoms with Gasteiger partial charge in [-0.3, -0.25) is 4.79 Å². The number of imidazole rings is 1. The van der Waals surface area contributed by atoms with Crippen LogP contribution in [0.25, 0.3) is 22.0 Å². The molecular weight excluding hydrogens is 450 g/mol. The van der Waals surface area contributed by atoms with Crippen LogP contribution in [0.5, 0.6) is 5.75 Å². The lowest BCUT2D eigenvalue weighted by atomic mass is 9.79. The van der Waals surface area contributed by atoms with E-state index in [0.29, 0.717) is 11.3 Å². The van der Waals surface area contributed by atoms with Crippen LogP contribution < -0.4 is 16.0 Å². The minimum Gasteiger partial charge on any atom is -0.488 e. The Morgan fingerprint density at radius 2 is 1.86 bits per heavy atom. The van der Waals surface area contributed by atoms with E-state index in [1.165, 1.54) is 0 Å². The molecule has 3 heterocycles. The van der Waals surface area contributed by atoms with Crippen molar-refractivity contribution < 1.29 is 4.74 Å². The van der Waals surface area contributed by atoms with E-state index in [0.717, 1.165) is 44.4 Å². The molecule has 176 valence electrons. The van der Waals surface area contributed by atoms with Crippen molar-refractivity contribution in [1.29, 1.82) is 5.26 Å². The third-order valence-electron chi connectivity index (χ3n) is 7.11. The Hall–Kier alpha value is -4.67. The van der Waals surface area contributed by atoms with E-state index >= 15 is 0 Å². The predicted octanol–water partition coefficient (Wildman–Crippen LogP) is 3.95. The van der Waals surface area contributed by atoms with Gasteiger partial charge in [-0.05, 0) is 58.1 Å². The van der Waals surface area contributed by atoms with E-state index in [2.05, 4.69) is 17.1 Å². The van der Waals surface area contributed by atoms with Gasteiger partial charge in [0.2, 0.25) is 0 Å². The maximum absolute atomic E-state index is 12.9. The fourth-order valence-electron chi connectivity index (χ4n) is 5.11. The maximum Gasteiger partial charge on any atom is 0.251 e. The zero-order valence-electron chi connectivity index (χ0n) is 19.9. The molecule has 1 aliphatic rings. The second kappa shape index (κ2) is 7.94. The Bertz CT molecular complexity index is 1780. The molecule has 6 rings (SSSR count). The van der Waals surface area contributed by atoms with Gasteiger partial charge in [0.1, 0.15) is 24.0 Å². The number of fused-ring (bicyclic) bond motifs is 6. The number of pyridine rings is 1. The number of benzene rings is 3. The monoisotopic (exact) mass is 473 g/mol.